The van der Waals surface area contributed by atoms with E-state index in [1.54, 1.807) is 7.11 Å². The maximum atomic E-state index is 5.13. The summed E-state index contributed by atoms with van der Waals surface area (Å²) in [7, 11) is 1.71. The van der Waals surface area contributed by atoms with E-state index in [9.17, 15) is 0 Å². The zero-order valence-corrected chi connectivity index (χ0v) is 7.55. The first-order valence-corrected chi connectivity index (χ1v) is 3.92. The predicted octanol–water partition coefficient (Wildman–Crippen LogP) is 1.02. The molecule has 2 unspecified atom stereocenters. The zero-order valence-electron chi connectivity index (χ0n) is 7.55. The molecule has 0 radical (unpaired) electrons. The van der Waals surface area contributed by atoms with Gasteiger partial charge < -0.3 is 10.1 Å². The van der Waals surface area contributed by atoms with Crippen molar-refractivity contribution < 1.29 is 4.74 Å². The van der Waals surface area contributed by atoms with Crippen molar-refractivity contribution in [2.75, 3.05) is 13.7 Å². The van der Waals surface area contributed by atoms with E-state index in [4.69, 9.17) is 11.2 Å². The molecule has 0 heterocycles. The maximum Gasteiger partial charge on any atom is 0.0693 e. The van der Waals surface area contributed by atoms with Gasteiger partial charge in [0.25, 0.3) is 0 Å². The monoisotopic (exact) mass is 155 g/mol. The molecule has 0 aliphatic carbocycles. The molecule has 11 heavy (non-hydrogen) atoms. The second kappa shape index (κ2) is 6.21. The van der Waals surface area contributed by atoms with Crippen LogP contribution in [0.2, 0.25) is 0 Å². The molecule has 2 nitrogen and oxygen atoms in total. The van der Waals surface area contributed by atoms with E-state index in [0.29, 0.717) is 6.04 Å². The summed E-state index contributed by atoms with van der Waals surface area (Å²) in [4.78, 5) is 0. The van der Waals surface area contributed by atoms with Crippen LogP contribution < -0.4 is 5.32 Å². The molecule has 0 aliphatic heterocycles. The van der Waals surface area contributed by atoms with Gasteiger partial charge in [0.15, 0.2) is 0 Å². The van der Waals surface area contributed by atoms with Crippen molar-refractivity contribution in [1.82, 2.24) is 5.32 Å². The fourth-order valence-corrected chi connectivity index (χ4v) is 0.742. The quantitative estimate of drug-likeness (QED) is 0.473. The third kappa shape index (κ3) is 4.83. The second-order valence-electron chi connectivity index (χ2n) is 2.64. The minimum Gasteiger partial charge on any atom is -0.380 e. The molecule has 0 aromatic carbocycles. The van der Waals surface area contributed by atoms with Gasteiger partial charge in [-0.1, -0.05) is 0 Å². The Balaban J connectivity index is 3.37. The average Bonchev–Trinajstić information content (AvgIpc) is 2.03. The van der Waals surface area contributed by atoms with Gasteiger partial charge in [0.05, 0.1) is 6.10 Å². The Morgan fingerprint density at radius 3 is 2.64 bits per heavy atom. The lowest BCUT2D eigenvalue weighted by Crippen LogP contribution is -2.37. The number of hydrogen-bond donors (Lipinski definition) is 1. The molecular formula is C9H17NO. The van der Waals surface area contributed by atoms with E-state index in [0.717, 1.165) is 13.0 Å². The highest BCUT2D eigenvalue weighted by molar-refractivity contribution is 4.84. The first-order chi connectivity index (χ1) is 5.22. The Bertz CT molecular complexity index is 128. The topological polar surface area (TPSA) is 21.3 Å². The van der Waals surface area contributed by atoms with E-state index in [1.807, 2.05) is 6.92 Å². The molecule has 64 valence electrons. The van der Waals surface area contributed by atoms with Crippen molar-refractivity contribution in [3.05, 3.63) is 0 Å². The Labute approximate surface area is 69.3 Å². The number of nitrogens with one attached hydrogen (secondary N) is 1. The highest BCUT2D eigenvalue weighted by Gasteiger charge is 2.08. The number of ether oxygens (including phenoxy) is 1. The first kappa shape index (κ1) is 10.5. The van der Waals surface area contributed by atoms with Crippen LogP contribution in [0.15, 0.2) is 0 Å². The Morgan fingerprint density at radius 2 is 2.18 bits per heavy atom. The zero-order chi connectivity index (χ0) is 8.69. The summed E-state index contributed by atoms with van der Waals surface area (Å²) < 4.78 is 5.13. The second-order valence-corrected chi connectivity index (χ2v) is 2.64. The van der Waals surface area contributed by atoms with Gasteiger partial charge in [0.2, 0.25) is 0 Å². The molecule has 0 bridgehead atoms. The molecule has 2 heteroatoms. The number of hydrogen-bond acceptors (Lipinski definition) is 2. The number of methoxy groups -OCH3 is 1. The molecule has 0 saturated heterocycles. The summed E-state index contributed by atoms with van der Waals surface area (Å²) in [6.07, 6.45) is 6.12. The van der Waals surface area contributed by atoms with Gasteiger partial charge >= 0.3 is 0 Å². The Morgan fingerprint density at radius 1 is 1.55 bits per heavy atom. The third-order valence-corrected chi connectivity index (χ3v) is 1.81. The fraction of sp³-hybridized carbons (Fsp3) is 0.778. The van der Waals surface area contributed by atoms with Gasteiger partial charge in [-0.3, -0.25) is 0 Å². The van der Waals surface area contributed by atoms with Crippen LogP contribution in [0, 0.1) is 12.3 Å². The minimum absolute atomic E-state index is 0.243. The van der Waals surface area contributed by atoms with E-state index >= 15 is 0 Å². The highest BCUT2D eigenvalue weighted by Crippen LogP contribution is 1.95. The lowest BCUT2D eigenvalue weighted by molar-refractivity contribution is 0.0891. The van der Waals surface area contributed by atoms with Crippen molar-refractivity contribution >= 4 is 0 Å². The summed E-state index contributed by atoms with van der Waals surface area (Å²) in [6.45, 7) is 4.99. The van der Waals surface area contributed by atoms with Crippen molar-refractivity contribution in [3.63, 3.8) is 0 Å². The van der Waals surface area contributed by atoms with Gasteiger partial charge in [0, 0.05) is 26.1 Å². The van der Waals surface area contributed by atoms with Gasteiger partial charge in [0.1, 0.15) is 0 Å². The van der Waals surface area contributed by atoms with Gasteiger partial charge in [-0.25, -0.2) is 0 Å². The van der Waals surface area contributed by atoms with Crippen molar-refractivity contribution in [2.45, 2.75) is 32.4 Å². The smallest absolute Gasteiger partial charge is 0.0693 e. The van der Waals surface area contributed by atoms with Crippen LogP contribution >= 0.6 is 0 Å². The van der Waals surface area contributed by atoms with Gasteiger partial charge in [-0.05, 0) is 13.8 Å². The lowest BCUT2D eigenvalue weighted by atomic mass is 10.2. The summed E-state index contributed by atoms with van der Waals surface area (Å²) >= 11 is 0. The van der Waals surface area contributed by atoms with Crippen molar-refractivity contribution in [1.29, 1.82) is 0 Å². The van der Waals surface area contributed by atoms with Crippen LogP contribution in [0.3, 0.4) is 0 Å². The molecule has 0 aromatic heterocycles. The summed E-state index contributed by atoms with van der Waals surface area (Å²) in [5, 5.41) is 3.27. The molecule has 0 rings (SSSR count). The highest BCUT2D eigenvalue weighted by atomic mass is 16.5. The fourth-order valence-electron chi connectivity index (χ4n) is 0.742. The van der Waals surface area contributed by atoms with E-state index in [2.05, 4.69) is 18.2 Å². The molecule has 2 atom stereocenters. The summed E-state index contributed by atoms with van der Waals surface area (Å²) in [5.41, 5.74) is 0. The van der Waals surface area contributed by atoms with E-state index in [-0.39, 0.29) is 6.10 Å². The van der Waals surface area contributed by atoms with Crippen molar-refractivity contribution in [3.8, 4) is 12.3 Å². The summed E-state index contributed by atoms with van der Waals surface area (Å²) in [5.74, 6) is 2.58. The molecule has 1 N–H and O–H groups in total. The van der Waals surface area contributed by atoms with E-state index < -0.39 is 0 Å². The molecule has 0 aliphatic rings. The number of rotatable bonds is 5. The summed E-state index contributed by atoms with van der Waals surface area (Å²) in [6, 6.07) is 0.369. The van der Waals surface area contributed by atoms with Crippen LogP contribution in [-0.2, 0) is 4.74 Å². The molecule has 0 saturated carbocycles. The molecule has 0 spiro atoms. The van der Waals surface area contributed by atoms with Crippen LogP contribution in [-0.4, -0.2) is 25.8 Å². The predicted molar refractivity (Wildman–Crippen MR) is 47.4 cm³/mol. The first-order valence-electron chi connectivity index (χ1n) is 3.92. The van der Waals surface area contributed by atoms with Gasteiger partial charge in [-0.15, -0.1) is 12.3 Å². The van der Waals surface area contributed by atoms with Gasteiger partial charge in [-0.2, -0.15) is 0 Å². The molecule has 0 aromatic rings. The Kier molecular flexibility index (Phi) is 5.91. The van der Waals surface area contributed by atoms with Crippen molar-refractivity contribution in [2.24, 2.45) is 0 Å². The molecule has 0 fully saturated rings. The Hall–Kier alpha value is -0.520. The van der Waals surface area contributed by atoms with Crippen LogP contribution in [0.5, 0.6) is 0 Å². The van der Waals surface area contributed by atoms with E-state index in [1.165, 1.54) is 0 Å². The largest absolute Gasteiger partial charge is 0.380 e. The van der Waals surface area contributed by atoms with Crippen LogP contribution in [0.1, 0.15) is 20.3 Å². The average molecular weight is 155 g/mol. The van der Waals surface area contributed by atoms with Crippen LogP contribution in [0.25, 0.3) is 0 Å². The molecule has 0 amide bonds. The molecular weight excluding hydrogens is 138 g/mol. The lowest BCUT2D eigenvalue weighted by Gasteiger charge is -2.19. The SMILES string of the molecule is C#CCCNC(C)C(C)OC. The van der Waals surface area contributed by atoms with Crippen LogP contribution in [0.4, 0.5) is 0 Å². The minimum atomic E-state index is 0.243. The standard InChI is InChI=1S/C9H17NO/c1-5-6-7-10-8(2)9(3)11-4/h1,8-10H,6-7H2,2-4H3. The number of terminal acetylenes is 1. The normalized spacial score (nSPS) is 15.5. The maximum absolute atomic E-state index is 5.13. The third-order valence-electron chi connectivity index (χ3n) is 1.81.